The Bertz CT molecular complexity index is 700. The average Bonchev–Trinajstić information content (AvgIpc) is 2.55. The van der Waals surface area contributed by atoms with Crippen molar-refractivity contribution >= 4 is 33.5 Å². The third kappa shape index (κ3) is 4.66. The van der Waals surface area contributed by atoms with Gasteiger partial charge in [-0.2, -0.15) is 0 Å². The number of hydrogen-bond donors (Lipinski definition) is 1. The lowest BCUT2D eigenvalue weighted by Gasteiger charge is -2.11. The van der Waals surface area contributed by atoms with E-state index in [9.17, 15) is 9.59 Å². The molecule has 5 heteroatoms. The molecule has 2 rings (SSSR count). The normalized spacial score (nSPS) is 10.2. The predicted octanol–water partition coefficient (Wildman–Crippen LogP) is 4.66. The summed E-state index contributed by atoms with van der Waals surface area (Å²) in [7, 11) is 0. The van der Waals surface area contributed by atoms with E-state index in [-0.39, 0.29) is 5.91 Å². The number of hydrogen-bond acceptors (Lipinski definition) is 3. The molecule has 1 amide bonds. The van der Waals surface area contributed by atoms with Gasteiger partial charge in [-0.25, -0.2) is 4.79 Å². The van der Waals surface area contributed by atoms with Crippen molar-refractivity contribution in [2.75, 3.05) is 11.9 Å². The lowest BCUT2D eigenvalue weighted by atomic mass is 10.1. The molecule has 120 valence electrons. The topological polar surface area (TPSA) is 55.4 Å². The Kier molecular flexibility index (Phi) is 6.35. The smallest absolute Gasteiger partial charge is 0.340 e. The summed E-state index contributed by atoms with van der Waals surface area (Å²) in [6, 6.07) is 13.9. The number of benzene rings is 2. The van der Waals surface area contributed by atoms with Gasteiger partial charge in [0.2, 0.25) is 0 Å². The fourth-order valence-electron chi connectivity index (χ4n) is 1.99. The Labute approximate surface area is 144 Å². The Hall–Kier alpha value is -2.14. The quantitative estimate of drug-likeness (QED) is 0.589. The minimum atomic E-state index is -0.429. The molecule has 2 aromatic rings. The number of carbonyl (C=O) groups is 2. The third-order valence-electron chi connectivity index (χ3n) is 3.24. The largest absolute Gasteiger partial charge is 0.462 e. The van der Waals surface area contributed by atoms with Crippen LogP contribution in [0.15, 0.2) is 53.0 Å². The second kappa shape index (κ2) is 8.48. The van der Waals surface area contributed by atoms with Crippen molar-refractivity contribution in [3.8, 4) is 0 Å². The van der Waals surface area contributed by atoms with E-state index in [0.717, 1.165) is 12.8 Å². The number of anilines is 1. The summed E-state index contributed by atoms with van der Waals surface area (Å²) in [5.41, 5.74) is 1.29. The highest BCUT2D eigenvalue weighted by Gasteiger charge is 2.16. The number of halogens is 1. The van der Waals surface area contributed by atoms with E-state index in [1.54, 1.807) is 42.5 Å². The number of ether oxygens (including phenoxy) is 1. The second-order valence-corrected chi connectivity index (χ2v) is 5.82. The van der Waals surface area contributed by atoms with Crippen LogP contribution in [0.3, 0.4) is 0 Å². The van der Waals surface area contributed by atoms with E-state index in [1.165, 1.54) is 0 Å². The first-order valence-electron chi connectivity index (χ1n) is 7.45. The number of unbranched alkanes of at least 4 members (excludes halogenated alkanes) is 1. The highest BCUT2D eigenvalue weighted by Crippen LogP contribution is 2.21. The lowest BCUT2D eigenvalue weighted by molar-refractivity contribution is 0.0501. The molecule has 0 saturated heterocycles. The van der Waals surface area contributed by atoms with Crippen molar-refractivity contribution in [3.05, 3.63) is 64.1 Å². The molecule has 0 saturated carbocycles. The number of para-hydroxylation sites is 1. The fourth-order valence-corrected chi connectivity index (χ4v) is 2.46. The molecular formula is C18H18BrNO3. The Balaban J connectivity index is 2.16. The van der Waals surface area contributed by atoms with Gasteiger partial charge in [0.15, 0.2) is 0 Å². The van der Waals surface area contributed by atoms with Gasteiger partial charge in [0.1, 0.15) is 0 Å². The van der Waals surface area contributed by atoms with Crippen molar-refractivity contribution in [3.63, 3.8) is 0 Å². The van der Waals surface area contributed by atoms with E-state index >= 15 is 0 Å². The van der Waals surface area contributed by atoms with Gasteiger partial charge in [0.05, 0.1) is 23.4 Å². The van der Waals surface area contributed by atoms with Crippen molar-refractivity contribution in [1.82, 2.24) is 0 Å². The summed E-state index contributed by atoms with van der Waals surface area (Å²) < 4.78 is 5.92. The molecule has 4 nitrogen and oxygen atoms in total. The van der Waals surface area contributed by atoms with Crippen LogP contribution in [0.25, 0.3) is 0 Å². The van der Waals surface area contributed by atoms with Crippen LogP contribution in [0.4, 0.5) is 5.69 Å². The summed E-state index contributed by atoms with van der Waals surface area (Å²) in [6.07, 6.45) is 1.77. The molecule has 23 heavy (non-hydrogen) atoms. The molecule has 0 aliphatic rings. The number of esters is 1. The van der Waals surface area contributed by atoms with Crippen molar-refractivity contribution < 1.29 is 14.3 Å². The molecule has 0 heterocycles. The van der Waals surface area contributed by atoms with E-state index in [1.807, 2.05) is 13.0 Å². The number of amides is 1. The van der Waals surface area contributed by atoms with Crippen LogP contribution in [0.5, 0.6) is 0 Å². The SMILES string of the molecule is CCCCOC(=O)c1ccccc1NC(=O)c1ccccc1Br. The zero-order chi connectivity index (χ0) is 16.7. The number of nitrogens with one attached hydrogen (secondary N) is 1. The van der Waals surface area contributed by atoms with Crippen LogP contribution in [0.1, 0.15) is 40.5 Å². The molecule has 0 bridgehead atoms. The maximum atomic E-state index is 12.4. The van der Waals surface area contributed by atoms with Crippen LogP contribution in [0, 0.1) is 0 Å². The van der Waals surface area contributed by atoms with Gasteiger partial charge in [0, 0.05) is 4.47 Å². The molecule has 0 fully saturated rings. The van der Waals surface area contributed by atoms with E-state index < -0.39 is 5.97 Å². The maximum absolute atomic E-state index is 12.4. The zero-order valence-electron chi connectivity index (χ0n) is 12.8. The summed E-state index contributed by atoms with van der Waals surface area (Å²) in [4.78, 5) is 24.5. The number of carbonyl (C=O) groups excluding carboxylic acids is 2. The highest BCUT2D eigenvalue weighted by molar-refractivity contribution is 9.10. The van der Waals surface area contributed by atoms with E-state index in [0.29, 0.717) is 27.9 Å². The van der Waals surface area contributed by atoms with E-state index in [2.05, 4.69) is 21.2 Å². The summed E-state index contributed by atoms with van der Waals surface area (Å²) in [6.45, 7) is 2.40. The van der Waals surface area contributed by atoms with Crippen LogP contribution < -0.4 is 5.32 Å². The van der Waals surface area contributed by atoms with Gasteiger partial charge in [-0.05, 0) is 46.6 Å². The second-order valence-electron chi connectivity index (χ2n) is 4.97. The lowest BCUT2D eigenvalue weighted by Crippen LogP contribution is -2.16. The molecule has 2 aromatic carbocycles. The molecule has 0 radical (unpaired) electrons. The van der Waals surface area contributed by atoms with Crippen molar-refractivity contribution in [2.24, 2.45) is 0 Å². The molecule has 0 unspecified atom stereocenters. The van der Waals surface area contributed by atoms with E-state index in [4.69, 9.17) is 4.74 Å². The minimum Gasteiger partial charge on any atom is -0.462 e. The minimum absolute atomic E-state index is 0.286. The first-order chi connectivity index (χ1) is 11.1. The third-order valence-corrected chi connectivity index (χ3v) is 3.94. The van der Waals surface area contributed by atoms with Crippen molar-refractivity contribution in [2.45, 2.75) is 19.8 Å². The van der Waals surface area contributed by atoms with Gasteiger partial charge in [-0.1, -0.05) is 37.6 Å². The first kappa shape index (κ1) is 17.2. The van der Waals surface area contributed by atoms with Crippen LogP contribution in [-0.4, -0.2) is 18.5 Å². The van der Waals surface area contributed by atoms with Crippen LogP contribution in [0.2, 0.25) is 0 Å². The fraction of sp³-hybridized carbons (Fsp3) is 0.222. The van der Waals surface area contributed by atoms with Crippen LogP contribution in [-0.2, 0) is 4.74 Å². The molecule has 0 aliphatic carbocycles. The Morgan fingerprint density at radius 2 is 1.70 bits per heavy atom. The predicted molar refractivity (Wildman–Crippen MR) is 93.7 cm³/mol. The zero-order valence-corrected chi connectivity index (χ0v) is 14.4. The molecule has 0 aliphatic heterocycles. The van der Waals surface area contributed by atoms with Gasteiger partial charge in [-0.3, -0.25) is 4.79 Å². The van der Waals surface area contributed by atoms with Gasteiger partial charge >= 0.3 is 5.97 Å². The summed E-state index contributed by atoms with van der Waals surface area (Å²) in [5.74, 6) is -0.715. The van der Waals surface area contributed by atoms with Gasteiger partial charge < -0.3 is 10.1 Å². The van der Waals surface area contributed by atoms with Gasteiger partial charge in [-0.15, -0.1) is 0 Å². The molecular weight excluding hydrogens is 358 g/mol. The first-order valence-corrected chi connectivity index (χ1v) is 8.24. The molecule has 1 N–H and O–H groups in total. The maximum Gasteiger partial charge on any atom is 0.340 e. The summed E-state index contributed by atoms with van der Waals surface area (Å²) in [5, 5.41) is 2.77. The monoisotopic (exact) mass is 375 g/mol. The standard InChI is InChI=1S/C18H18BrNO3/c1-2-3-12-23-18(22)14-9-5-7-11-16(14)20-17(21)13-8-4-6-10-15(13)19/h4-11H,2-3,12H2,1H3,(H,20,21). The molecule has 0 spiro atoms. The van der Waals surface area contributed by atoms with Gasteiger partial charge in [0.25, 0.3) is 5.91 Å². The van der Waals surface area contributed by atoms with Crippen molar-refractivity contribution in [1.29, 1.82) is 0 Å². The Morgan fingerprint density at radius 1 is 1.04 bits per heavy atom. The number of rotatable bonds is 6. The average molecular weight is 376 g/mol. The highest BCUT2D eigenvalue weighted by atomic mass is 79.9. The Morgan fingerprint density at radius 3 is 2.39 bits per heavy atom. The molecule has 0 aromatic heterocycles. The van der Waals surface area contributed by atoms with Crippen LogP contribution >= 0.6 is 15.9 Å². The summed E-state index contributed by atoms with van der Waals surface area (Å²) >= 11 is 3.35. The molecule has 0 atom stereocenters.